The summed E-state index contributed by atoms with van der Waals surface area (Å²) in [5, 5.41) is -1.25. The molecule has 1 aromatic rings. The van der Waals surface area contributed by atoms with Crippen molar-refractivity contribution in [2.75, 3.05) is 12.0 Å². The minimum atomic E-state index is -5.57. The molecule has 35 heavy (non-hydrogen) atoms. The molecule has 194 valence electrons. The molecule has 0 aromatic heterocycles. The lowest BCUT2D eigenvalue weighted by atomic mass is 9.81. The fourth-order valence-corrected chi connectivity index (χ4v) is 8.04. The molecule has 0 aliphatic heterocycles. The van der Waals surface area contributed by atoms with E-state index in [1.807, 2.05) is 0 Å². The summed E-state index contributed by atoms with van der Waals surface area (Å²) in [4.78, 5) is 23.2. The molecular weight excluding hydrogens is 564 g/mol. The normalized spacial score (nSPS) is 23.4. The molecule has 0 N–H and O–H groups in total. The van der Waals surface area contributed by atoms with E-state index in [-0.39, 0.29) is 41.1 Å². The highest BCUT2D eigenvalue weighted by atomic mass is 35.5. The van der Waals surface area contributed by atoms with Gasteiger partial charge in [0.25, 0.3) is 0 Å². The molecular formula is C22H20Cl3F6O3P. The average molecular weight is 584 g/mol. The number of alkyl halides is 9. The maximum atomic E-state index is 14.1. The van der Waals surface area contributed by atoms with E-state index in [9.17, 15) is 40.5 Å². The number of rotatable bonds is 8. The number of hydrogen-bond donors (Lipinski definition) is 0. The number of benzene rings is 1. The van der Waals surface area contributed by atoms with Crippen LogP contribution < -0.4 is 0 Å². The van der Waals surface area contributed by atoms with Gasteiger partial charge < -0.3 is 4.57 Å². The number of carbonyl (C=O) groups excluding carboxylic acids is 2. The zero-order valence-electron chi connectivity index (χ0n) is 18.3. The zero-order valence-corrected chi connectivity index (χ0v) is 21.5. The Morgan fingerprint density at radius 1 is 1.11 bits per heavy atom. The highest BCUT2D eigenvalue weighted by molar-refractivity contribution is 7.95. The van der Waals surface area contributed by atoms with E-state index in [1.165, 1.54) is 32.0 Å². The summed E-state index contributed by atoms with van der Waals surface area (Å²) in [6.07, 6.45) is -11.3. The van der Waals surface area contributed by atoms with E-state index < -0.39 is 58.4 Å². The predicted octanol–water partition coefficient (Wildman–Crippen LogP) is 7.78. The fraction of sp³-hybridized carbons (Fsp3) is 0.455. The van der Waals surface area contributed by atoms with Crippen LogP contribution in [0.2, 0.25) is 0 Å². The van der Waals surface area contributed by atoms with Crippen LogP contribution in [0.3, 0.4) is 0 Å². The van der Waals surface area contributed by atoms with Crippen molar-refractivity contribution in [3.8, 4) is 0 Å². The molecule has 1 aliphatic carbocycles. The van der Waals surface area contributed by atoms with E-state index in [2.05, 4.69) is 0 Å². The molecule has 0 bridgehead atoms. The van der Waals surface area contributed by atoms with Gasteiger partial charge >= 0.3 is 12.4 Å². The van der Waals surface area contributed by atoms with Gasteiger partial charge in [0.05, 0.1) is 5.92 Å². The van der Waals surface area contributed by atoms with Crippen LogP contribution in [0.15, 0.2) is 42.0 Å². The lowest BCUT2D eigenvalue weighted by molar-refractivity contribution is -0.170. The fourth-order valence-electron chi connectivity index (χ4n) is 3.84. The molecule has 0 amide bonds. The van der Waals surface area contributed by atoms with Gasteiger partial charge in [0.1, 0.15) is 0 Å². The number of hydrogen-bond acceptors (Lipinski definition) is 3. The standard InChI is InChI=1S/C22H20Cl3F6O3P/c1-12-5-3-6-13(2)16(12)18(32)35(34,11-14(24)8-10-23)19(33)17-15(21(26,27)28)7-4-9-20(17,25)22(29,30)31/h3-7,9,14,17H,8,10-11H2,1-2H3. The topological polar surface area (TPSA) is 51.2 Å². The molecule has 0 saturated heterocycles. The van der Waals surface area contributed by atoms with Crippen molar-refractivity contribution in [2.45, 2.75) is 42.9 Å². The first-order chi connectivity index (χ1) is 15.9. The summed E-state index contributed by atoms with van der Waals surface area (Å²) < 4.78 is 97.5. The third kappa shape index (κ3) is 5.84. The first kappa shape index (κ1) is 29.9. The summed E-state index contributed by atoms with van der Waals surface area (Å²) in [5.41, 5.74) is -5.18. The summed E-state index contributed by atoms with van der Waals surface area (Å²) in [6.45, 7) is 2.86. The molecule has 1 aromatic carbocycles. The lowest BCUT2D eigenvalue weighted by Gasteiger charge is -2.38. The number of carbonyl (C=O) groups is 2. The summed E-state index contributed by atoms with van der Waals surface area (Å²) >= 11 is 17.4. The SMILES string of the molecule is Cc1cccc(C)c1C(=O)P(=O)(CC(Cl)CCCl)C(=O)C1C(C(F)(F)F)=CC=CC1(Cl)C(F)(F)F. The Kier molecular flexibility index (Phi) is 9.07. The highest BCUT2D eigenvalue weighted by Gasteiger charge is 2.66. The third-order valence-corrected chi connectivity index (χ3v) is 9.78. The molecule has 0 heterocycles. The Balaban J connectivity index is 2.82. The number of halogens is 9. The smallest absolute Gasteiger partial charge is 0.307 e. The summed E-state index contributed by atoms with van der Waals surface area (Å²) in [5.74, 6) is -3.32. The van der Waals surface area contributed by atoms with Gasteiger partial charge in [-0.2, -0.15) is 26.3 Å². The number of allylic oxidation sites excluding steroid dienone is 4. The second-order valence-electron chi connectivity index (χ2n) is 8.09. The minimum Gasteiger partial charge on any atom is -0.307 e. The van der Waals surface area contributed by atoms with Gasteiger partial charge in [0, 0.05) is 28.6 Å². The maximum Gasteiger partial charge on any atom is 0.413 e. The molecule has 3 nitrogen and oxygen atoms in total. The molecule has 0 spiro atoms. The van der Waals surface area contributed by atoms with Crippen LogP contribution in [0.4, 0.5) is 26.3 Å². The highest BCUT2D eigenvalue weighted by Crippen LogP contribution is 2.61. The van der Waals surface area contributed by atoms with Crippen molar-refractivity contribution >= 4 is 53.0 Å². The van der Waals surface area contributed by atoms with Gasteiger partial charge in [0.15, 0.2) is 4.87 Å². The monoisotopic (exact) mass is 582 g/mol. The van der Waals surface area contributed by atoms with Crippen molar-refractivity contribution in [1.82, 2.24) is 0 Å². The van der Waals surface area contributed by atoms with E-state index in [0.29, 0.717) is 6.08 Å². The second-order valence-corrected chi connectivity index (χ2v) is 12.4. The van der Waals surface area contributed by atoms with Crippen LogP contribution in [0, 0.1) is 19.8 Å². The molecule has 13 heteroatoms. The van der Waals surface area contributed by atoms with Crippen molar-refractivity contribution in [2.24, 2.45) is 5.92 Å². The Morgan fingerprint density at radius 2 is 1.66 bits per heavy atom. The summed E-state index contributed by atoms with van der Waals surface area (Å²) in [6, 6.07) is 4.39. The molecule has 1 aliphatic rings. The van der Waals surface area contributed by atoms with Gasteiger partial charge in [-0.15, -0.1) is 34.8 Å². The van der Waals surface area contributed by atoms with E-state index in [4.69, 9.17) is 34.8 Å². The Hall–Kier alpha value is -1.28. The van der Waals surface area contributed by atoms with E-state index >= 15 is 0 Å². The quantitative estimate of drug-likeness (QED) is 0.178. The van der Waals surface area contributed by atoms with Crippen LogP contribution >= 0.6 is 41.9 Å². The zero-order chi connectivity index (χ0) is 27.0. The third-order valence-electron chi connectivity index (χ3n) is 5.61. The minimum absolute atomic E-state index is 0.113. The van der Waals surface area contributed by atoms with Crippen molar-refractivity contribution in [3.05, 3.63) is 58.7 Å². The van der Waals surface area contributed by atoms with Crippen molar-refractivity contribution in [1.29, 1.82) is 0 Å². The average Bonchev–Trinajstić information content (AvgIpc) is 2.71. The molecule has 0 radical (unpaired) electrons. The number of aryl methyl sites for hydroxylation is 2. The lowest BCUT2D eigenvalue weighted by Crippen LogP contribution is -2.52. The van der Waals surface area contributed by atoms with Gasteiger partial charge in [-0.25, -0.2) is 0 Å². The van der Waals surface area contributed by atoms with Crippen LogP contribution in [-0.2, 0) is 9.36 Å². The van der Waals surface area contributed by atoms with Crippen molar-refractivity contribution in [3.63, 3.8) is 0 Å². The van der Waals surface area contributed by atoms with E-state index in [0.717, 1.165) is 0 Å². The second kappa shape index (κ2) is 10.6. The Morgan fingerprint density at radius 3 is 2.11 bits per heavy atom. The molecule has 4 atom stereocenters. The first-order valence-corrected chi connectivity index (χ1v) is 13.3. The van der Waals surface area contributed by atoms with Crippen LogP contribution in [-0.4, -0.2) is 45.7 Å². The Bertz CT molecular complexity index is 1090. The molecule has 4 unspecified atom stereocenters. The van der Waals surface area contributed by atoms with Gasteiger partial charge in [-0.3, -0.25) is 9.59 Å². The van der Waals surface area contributed by atoms with Crippen molar-refractivity contribution < 1.29 is 40.5 Å². The van der Waals surface area contributed by atoms with Crippen LogP contribution in [0.25, 0.3) is 0 Å². The van der Waals surface area contributed by atoms with Crippen LogP contribution in [0.5, 0.6) is 0 Å². The maximum absolute atomic E-state index is 14.1. The van der Waals surface area contributed by atoms with Crippen LogP contribution in [0.1, 0.15) is 27.9 Å². The molecule has 2 rings (SSSR count). The van der Waals surface area contributed by atoms with Gasteiger partial charge in [-0.05, 0) is 31.4 Å². The van der Waals surface area contributed by atoms with E-state index in [1.54, 1.807) is 0 Å². The largest absolute Gasteiger partial charge is 0.413 e. The predicted molar refractivity (Wildman–Crippen MR) is 124 cm³/mol. The Labute approximate surface area is 212 Å². The molecule has 0 saturated carbocycles. The van der Waals surface area contributed by atoms with Gasteiger partial charge in [-0.1, -0.05) is 36.4 Å². The van der Waals surface area contributed by atoms with Gasteiger partial charge in [0.2, 0.25) is 18.2 Å². The first-order valence-electron chi connectivity index (χ1n) is 10.1. The summed E-state index contributed by atoms with van der Waals surface area (Å²) in [7, 11) is -5.22. The molecule has 0 fully saturated rings.